The summed E-state index contributed by atoms with van der Waals surface area (Å²) in [6, 6.07) is 3.61. The van der Waals surface area contributed by atoms with Crippen molar-refractivity contribution in [2.45, 2.75) is 13.5 Å². The molecule has 1 N–H and O–H groups in total. The van der Waals surface area contributed by atoms with Gasteiger partial charge in [0.05, 0.1) is 18.5 Å². The van der Waals surface area contributed by atoms with Crippen molar-refractivity contribution in [3.05, 3.63) is 29.6 Å². The van der Waals surface area contributed by atoms with Gasteiger partial charge in [-0.15, -0.1) is 0 Å². The summed E-state index contributed by atoms with van der Waals surface area (Å²) in [7, 11) is 0. The summed E-state index contributed by atoms with van der Waals surface area (Å²) >= 11 is 0. The molecule has 47 valence electrons. The zero-order chi connectivity index (χ0) is 6.69. The third-order valence-corrected chi connectivity index (χ3v) is 1.06. The zero-order valence-electron chi connectivity index (χ0n) is 5.26. The number of aromatic nitrogens is 1. The number of hydrogen-bond acceptors (Lipinski definition) is 2. The molecule has 2 nitrogen and oxygen atoms in total. The summed E-state index contributed by atoms with van der Waals surface area (Å²) in [6.07, 6.45) is 2.67. The van der Waals surface area contributed by atoms with Gasteiger partial charge in [-0.25, -0.2) is 4.98 Å². The van der Waals surface area contributed by atoms with Crippen molar-refractivity contribution < 1.29 is 5.11 Å². The van der Waals surface area contributed by atoms with Crippen molar-refractivity contribution in [3.8, 4) is 0 Å². The van der Waals surface area contributed by atoms with E-state index in [9.17, 15) is 0 Å². The second-order valence-corrected chi connectivity index (χ2v) is 1.92. The van der Waals surface area contributed by atoms with E-state index in [2.05, 4.69) is 11.2 Å². The van der Waals surface area contributed by atoms with Crippen LogP contribution in [0.4, 0.5) is 0 Å². The lowest BCUT2D eigenvalue weighted by atomic mass is 10.2. The molecule has 0 atom stereocenters. The molecule has 1 heterocycles. The van der Waals surface area contributed by atoms with Crippen LogP contribution in [0.25, 0.3) is 0 Å². The highest BCUT2D eigenvalue weighted by atomic mass is 16.3. The second kappa shape index (κ2) is 2.60. The van der Waals surface area contributed by atoms with Crippen LogP contribution in [0.15, 0.2) is 12.1 Å². The Balaban J connectivity index is 2.94. The number of rotatable bonds is 1. The van der Waals surface area contributed by atoms with Crippen LogP contribution >= 0.6 is 0 Å². The number of aliphatic hydroxyl groups is 1. The lowest BCUT2D eigenvalue weighted by Crippen LogP contribution is -1.87. The Morgan fingerprint density at radius 3 is 3.00 bits per heavy atom. The molecule has 0 fully saturated rings. The minimum absolute atomic E-state index is 0.00181. The quantitative estimate of drug-likeness (QED) is 0.594. The van der Waals surface area contributed by atoms with Crippen LogP contribution in [0, 0.1) is 13.1 Å². The van der Waals surface area contributed by atoms with Gasteiger partial charge in [0.2, 0.25) is 0 Å². The maximum absolute atomic E-state index is 8.58. The average molecular weight is 122 g/mol. The number of nitrogens with zero attached hydrogens (tertiary/aromatic N) is 1. The Bertz CT molecular complexity index is 198. The molecule has 0 unspecified atom stereocenters. The van der Waals surface area contributed by atoms with Gasteiger partial charge in [0.25, 0.3) is 0 Å². The third kappa shape index (κ3) is 1.50. The maximum Gasteiger partial charge on any atom is 0.0893 e. The Morgan fingerprint density at radius 1 is 1.78 bits per heavy atom. The first-order chi connectivity index (χ1) is 4.33. The van der Waals surface area contributed by atoms with E-state index in [-0.39, 0.29) is 6.61 Å². The molecule has 0 aliphatic rings. The molecule has 0 aromatic carbocycles. The SMILES string of the molecule is Cc1c[c]nc(CO)c1. The lowest BCUT2D eigenvalue weighted by molar-refractivity contribution is 0.276. The average Bonchev–Trinajstić information content (AvgIpc) is 1.88. The van der Waals surface area contributed by atoms with E-state index in [1.165, 1.54) is 0 Å². The Hall–Kier alpha value is -0.890. The highest BCUT2D eigenvalue weighted by Gasteiger charge is 1.89. The van der Waals surface area contributed by atoms with Gasteiger partial charge in [-0.1, -0.05) is 0 Å². The molecule has 1 rings (SSSR count). The first-order valence-corrected chi connectivity index (χ1v) is 2.77. The highest BCUT2D eigenvalue weighted by molar-refractivity contribution is 5.12. The summed E-state index contributed by atoms with van der Waals surface area (Å²) in [5, 5.41) is 8.58. The van der Waals surface area contributed by atoms with Crippen LogP contribution in [-0.4, -0.2) is 10.1 Å². The standard InChI is InChI=1S/C7H8NO/c1-6-2-3-8-7(4-6)5-9/h2,4,9H,5H2,1H3. The third-order valence-electron chi connectivity index (χ3n) is 1.06. The molecule has 0 aliphatic heterocycles. The molecule has 1 radical (unpaired) electrons. The summed E-state index contributed by atoms with van der Waals surface area (Å²) in [6.45, 7) is 1.94. The molecule has 1 aromatic heterocycles. The van der Waals surface area contributed by atoms with E-state index in [0.717, 1.165) is 5.56 Å². The van der Waals surface area contributed by atoms with Gasteiger partial charge in [0.15, 0.2) is 0 Å². The maximum atomic E-state index is 8.58. The highest BCUT2D eigenvalue weighted by Crippen LogP contribution is 1.97. The van der Waals surface area contributed by atoms with Crippen LogP contribution in [-0.2, 0) is 6.61 Å². The summed E-state index contributed by atoms with van der Waals surface area (Å²) in [5.41, 5.74) is 1.75. The van der Waals surface area contributed by atoms with Gasteiger partial charge < -0.3 is 5.11 Å². The smallest absolute Gasteiger partial charge is 0.0893 e. The van der Waals surface area contributed by atoms with Crippen molar-refractivity contribution in [1.29, 1.82) is 0 Å². The van der Waals surface area contributed by atoms with Crippen molar-refractivity contribution in [2.75, 3.05) is 0 Å². The number of aliphatic hydroxyl groups excluding tert-OH is 1. The zero-order valence-corrected chi connectivity index (χ0v) is 5.26. The van der Waals surface area contributed by atoms with Crippen LogP contribution in [0.1, 0.15) is 11.3 Å². The summed E-state index contributed by atoms with van der Waals surface area (Å²) in [4.78, 5) is 3.78. The number of hydrogen-bond donors (Lipinski definition) is 1. The first kappa shape index (κ1) is 6.23. The molecule has 1 aromatic rings. The van der Waals surface area contributed by atoms with E-state index in [1.54, 1.807) is 6.07 Å². The van der Waals surface area contributed by atoms with Crippen LogP contribution < -0.4 is 0 Å². The van der Waals surface area contributed by atoms with Crippen molar-refractivity contribution >= 4 is 0 Å². The van der Waals surface area contributed by atoms with Crippen LogP contribution in [0.5, 0.6) is 0 Å². The summed E-state index contributed by atoms with van der Waals surface area (Å²) in [5.74, 6) is 0. The predicted octanol–water partition coefficient (Wildman–Crippen LogP) is 0.683. The monoisotopic (exact) mass is 122 g/mol. The Kier molecular flexibility index (Phi) is 1.80. The van der Waals surface area contributed by atoms with E-state index in [4.69, 9.17) is 5.11 Å². The van der Waals surface area contributed by atoms with Gasteiger partial charge in [0.1, 0.15) is 0 Å². The fourth-order valence-electron chi connectivity index (χ4n) is 0.635. The second-order valence-electron chi connectivity index (χ2n) is 1.92. The van der Waals surface area contributed by atoms with E-state index in [1.807, 2.05) is 13.0 Å². The normalized spacial score (nSPS) is 9.56. The minimum atomic E-state index is -0.00181. The molecule has 0 amide bonds. The molecule has 2 heteroatoms. The van der Waals surface area contributed by atoms with Crippen LogP contribution in [0.3, 0.4) is 0 Å². The van der Waals surface area contributed by atoms with E-state index in [0.29, 0.717) is 5.69 Å². The molecule has 0 saturated heterocycles. The van der Waals surface area contributed by atoms with Crippen molar-refractivity contribution in [3.63, 3.8) is 0 Å². The van der Waals surface area contributed by atoms with Gasteiger partial charge in [0, 0.05) is 0 Å². The number of aryl methyl sites for hydroxylation is 1. The fraction of sp³-hybridized carbons (Fsp3) is 0.286. The molecule has 0 aliphatic carbocycles. The molecule has 0 spiro atoms. The molecular weight excluding hydrogens is 114 g/mol. The molecule has 9 heavy (non-hydrogen) atoms. The topological polar surface area (TPSA) is 33.1 Å². The van der Waals surface area contributed by atoms with E-state index >= 15 is 0 Å². The van der Waals surface area contributed by atoms with E-state index < -0.39 is 0 Å². The van der Waals surface area contributed by atoms with Crippen LogP contribution in [0.2, 0.25) is 0 Å². The largest absolute Gasteiger partial charge is 0.390 e. The van der Waals surface area contributed by atoms with Gasteiger partial charge in [-0.2, -0.15) is 0 Å². The molecule has 0 saturated carbocycles. The van der Waals surface area contributed by atoms with Gasteiger partial charge in [-0.05, 0) is 24.6 Å². The minimum Gasteiger partial charge on any atom is -0.390 e. The Labute approximate surface area is 54.2 Å². The first-order valence-electron chi connectivity index (χ1n) is 2.77. The fourth-order valence-corrected chi connectivity index (χ4v) is 0.635. The lowest BCUT2D eigenvalue weighted by Gasteiger charge is -1.93. The molecule has 0 bridgehead atoms. The van der Waals surface area contributed by atoms with Gasteiger partial charge >= 0.3 is 0 Å². The number of pyridine rings is 1. The van der Waals surface area contributed by atoms with Crippen molar-refractivity contribution in [2.24, 2.45) is 0 Å². The predicted molar refractivity (Wildman–Crippen MR) is 33.7 cm³/mol. The molecular formula is C7H8NO. The summed E-state index contributed by atoms with van der Waals surface area (Å²) < 4.78 is 0. The van der Waals surface area contributed by atoms with Crippen molar-refractivity contribution in [1.82, 2.24) is 4.98 Å². The Morgan fingerprint density at radius 2 is 2.56 bits per heavy atom. The van der Waals surface area contributed by atoms with Gasteiger partial charge in [-0.3, -0.25) is 0 Å².